The first kappa shape index (κ1) is 15.2. The number of nitrogens with one attached hydrogen (secondary N) is 1. The Kier molecular flexibility index (Phi) is 5.29. The van der Waals surface area contributed by atoms with Gasteiger partial charge in [-0.15, -0.1) is 11.8 Å². The maximum absolute atomic E-state index is 13.1. The lowest BCUT2D eigenvalue weighted by Gasteiger charge is -2.26. The molecule has 0 aliphatic heterocycles. The van der Waals surface area contributed by atoms with Crippen molar-refractivity contribution in [3.63, 3.8) is 0 Å². The largest absolute Gasteiger partial charge is 0.398 e. The van der Waals surface area contributed by atoms with E-state index in [2.05, 4.69) is 12.2 Å². The van der Waals surface area contributed by atoms with Crippen LogP contribution in [0.1, 0.15) is 32.6 Å². The summed E-state index contributed by atoms with van der Waals surface area (Å²) in [6.45, 7) is 2.25. The van der Waals surface area contributed by atoms with Crippen LogP contribution in [-0.4, -0.2) is 17.7 Å². The smallest absolute Gasteiger partial charge is 0.230 e. The molecule has 20 heavy (non-hydrogen) atoms. The molecule has 1 aliphatic carbocycles. The Labute approximate surface area is 123 Å². The van der Waals surface area contributed by atoms with Crippen molar-refractivity contribution < 1.29 is 9.18 Å². The van der Waals surface area contributed by atoms with Crippen LogP contribution in [0.5, 0.6) is 0 Å². The Bertz CT molecular complexity index is 473. The molecule has 2 rings (SSSR count). The van der Waals surface area contributed by atoms with E-state index in [9.17, 15) is 9.18 Å². The van der Waals surface area contributed by atoms with E-state index in [4.69, 9.17) is 5.73 Å². The number of nitrogen functional groups attached to an aromatic ring is 1. The van der Waals surface area contributed by atoms with E-state index in [0.29, 0.717) is 16.6 Å². The Morgan fingerprint density at radius 2 is 2.10 bits per heavy atom. The van der Waals surface area contributed by atoms with Gasteiger partial charge in [-0.05, 0) is 49.8 Å². The fourth-order valence-corrected chi connectivity index (χ4v) is 3.25. The van der Waals surface area contributed by atoms with Gasteiger partial charge in [0.25, 0.3) is 0 Å². The average Bonchev–Trinajstić information content (AvgIpc) is 2.42. The molecule has 1 amide bonds. The summed E-state index contributed by atoms with van der Waals surface area (Å²) >= 11 is 1.28. The van der Waals surface area contributed by atoms with Crippen LogP contribution in [0.15, 0.2) is 23.1 Å². The monoisotopic (exact) mass is 296 g/mol. The van der Waals surface area contributed by atoms with Crippen molar-refractivity contribution in [1.82, 2.24) is 5.32 Å². The highest BCUT2D eigenvalue weighted by Crippen LogP contribution is 2.26. The number of nitrogens with two attached hydrogens (primary N) is 1. The number of halogens is 1. The van der Waals surface area contributed by atoms with Crippen molar-refractivity contribution >= 4 is 23.4 Å². The molecule has 0 bridgehead atoms. The zero-order valence-electron chi connectivity index (χ0n) is 11.7. The molecule has 1 aliphatic rings. The number of carbonyl (C=O) groups excluding carboxylic acids is 1. The van der Waals surface area contributed by atoms with Crippen LogP contribution in [0.3, 0.4) is 0 Å². The molecule has 3 N–H and O–H groups in total. The molecule has 0 radical (unpaired) electrons. The van der Waals surface area contributed by atoms with Gasteiger partial charge in [0.15, 0.2) is 0 Å². The van der Waals surface area contributed by atoms with E-state index in [1.165, 1.54) is 42.8 Å². The number of anilines is 1. The van der Waals surface area contributed by atoms with Crippen molar-refractivity contribution in [3.05, 3.63) is 24.0 Å². The minimum absolute atomic E-state index is 0.00165. The van der Waals surface area contributed by atoms with Gasteiger partial charge in [-0.25, -0.2) is 4.39 Å². The van der Waals surface area contributed by atoms with E-state index < -0.39 is 0 Å². The fraction of sp³-hybridized carbons (Fsp3) is 0.533. The molecule has 1 aromatic rings. The third-order valence-electron chi connectivity index (χ3n) is 3.72. The number of amides is 1. The lowest BCUT2D eigenvalue weighted by Crippen LogP contribution is -2.38. The molecule has 110 valence electrons. The predicted octanol–water partition coefficient (Wildman–Crippen LogP) is 3.19. The van der Waals surface area contributed by atoms with Gasteiger partial charge < -0.3 is 11.1 Å². The number of benzene rings is 1. The van der Waals surface area contributed by atoms with Crippen LogP contribution in [0.4, 0.5) is 10.1 Å². The Morgan fingerprint density at radius 1 is 1.40 bits per heavy atom. The van der Waals surface area contributed by atoms with Crippen LogP contribution in [-0.2, 0) is 4.79 Å². The zero-order valence-corrected chi connectivity index (χ0v) is 12.5. The zero-order chi connectivity index (χ0) is 14.5. The molecule has 0 aromatic heterocycles. The van der Waals surface area contributed by atoms with Crippen LogP contribution < -0.4 is 11.1 Å². The Balaban J connectivity index is 1.79. The van der Waals surface area contributed by atoms with Crippen LogP contribution in [0.25, 0.3) is 0 Å². The van der Waals surface area contributed by atoms with Gasteiger partial charge in [-0.3, -0.25) is 4.79 Å². The van der Waals surface area contributed by atoms with Crippen LogP contribution in [0.2, 0.25) is 0 Å². The number of hydrogen-bond donors (Lipinski definition) is 2. The summed E-state index contributed by atoms with van der Waals surface area (Å²) in [5.74, 6) is 0.714. The number of rotatable bonds is 4. The third kappa shape index (κ3) is 4.40. The maximum atomic E-state index is 13.1. The van der Waals surface area contributed by atoms with Gasteiger partial charge in [0.05, 0.1) is 5.75 Å². The van der Waals surface area contributed by atoms with E-state index in [1.54, 1.807) is 0 Å². The van der Waals surface area contributed by atoms with Crippen LogP contribution >= 0.6 is 11.8 Å². The fourth-order valence-electron chi connectivity index (χ4n) is 2.45. The number of hydrogen-bond acceptors (Lipinski definition) is 3. The van der Waals surface area contributed by atoms with E-state index in [-0.39, 0.29) is 17.5 Å². The molecule has 0 unspecified atom stereocenters. The first-order valence-corrected chi connectivity index (χ1v) is 8.00. The third-order valence-corrected chi connectivity index (χ3v) is 4.79. The van der Waals surface area contributed by atoms with Crippen molar-refractivity contribution in [1.29, 1.82) is 0 Å². The van der Waals surface area contributed by atoms with Crippen molar-refractivity contribution in [2.24, 2.45) is 5.92 Å². The normalized spacial score (nSPS) is 22.5. The van der Waals surface area contributed by atoms with Gasteiger partial charge in [0.1, 0.15) is 5.82 Å². The predicted molar refractivity (Wildman–Crippen MR) is 81.1 cm³/mol. The van der Waals surface area contributed by atoms with Gasteiger partial charge in [0, 0.05) is 16.6 Å². The van der Waals surface area contributed by atoms with Crippen LogP contribution in [0, 0.1) is 11.7 Å². The van der Waals surface area contributed by atoms with Crippen molar-refractivity contribution in [3.8, 4) is 0 Å². The molecule has 1 fully saturated rings. The summed E-state index contributed by atoms with van der Waals surface area (Å²) in [6.07, 6.45) is 4.46. The molecule has 1 saturated carbocycles. The lowest BCUT2D eigenvalue weighted by molar-refractivity contribution is -0.119. The SMILES string of the molecule is CC1CCC(NC(=O)CSc2cc(F)ccc2N)CC1. The van der Waals surface area contributed by atoms with Crippen molar-refractivity contribution in [2.45, 2.75) is 43.5 Å². The number of thioether (sulfide) groups is 1. The molecule has 0 spiro atoms. The highest BCUT2D eigenvalue weighted by molar-refractivity contribution is 8.00. The highest BCUT2D eigenvalue weighted by Gasteiger charge is 2.19. The van der Waals surface area contributed by atoms with E-state index >= 15 is 0 Å². The van der Waals surface area contributed by atoms with Gasteiger partial charge in [0.2, 0.25) is 5.91 Å². The van der Waals surface area contributed by atoms with E-state index in [0.717, 1.165) is 18.8 Å². The second kappa shape index (κ2) is 6.97. The summed E-state index contributed by atoms with van der Waals surface area (Å²) in [5.41, 5.74) is 6.27. The molecular weight excluding hydrogens is 275 g/mol. The molecule has 3 nitrogen and oxygen atoms in total. The highest BCUT2D eigenvalue weighted by atomic mass is 32.2. The number of carbonyl (C=O) groups is 1. The second-order valence-corrected chi connectivity index (χ2v) is 6.51. The molecular formula is C15H21FN2OS. The van der Waals surface area contributed by atoms with Gasteiger partial charge in [-0.2, -0.15) is 0 Å². The van der Waals surface area contributed by atoms with Gasteiger partial charge >= 0.3 is 0 Å². The molecule has 1 aromatic carbocycles. The first-order chi connectivity index (χ1) is 9.54. The van der Waals surface area contributed by atoms with E-state index in [1.807, 2.05) is 0 Å². The quantitative estimate of drug-likeness (QED) is 0.662. The van der Waals surface area contributed by atoms with Crippen molar-refractivity contribution in [2.75, 3.05) is 11.5 Å². The molecule has 0 saturated heterocycles. The summed E-state index contributed by atoms with van der Waals surface area (Å²) in [6, 6.07) is 4.51. The Hall–Kier alpha value is -1.23. The standard InChI is InChI=1S/C15H21FN2OS/c1-10-2-5-12(6-3-10)18-15(19)9-20-14-8-11(16)4-7-13(14)17/h4,7-8,10,12H,2-3,5-6,9,17H2,1H3,(H,18,19). The Morgan fingerprint density at radius 3 is 2.80 bits per heavy atom. The minimum Gasteiger partial charge on any atom is -0.398 e. The summed E-state index contributed by atoms with van der Waals surface area (Å²) in [4.78, 5) is 12.5. The second-order valence-electron chi connectivity index (χ2n) is 5.50. The van der Waals surface area contributed by atoms with Gasteiger partial charge in [-0.1, -0.05) is 6.92 Å². The molecule has 0 heterocycles. The maximum Gasteiger partial charge on any atom is 0.230 e. The summed E-state index contributed by atoms with van der Waals surface area (Å²) in [7, 11) is 0. The molecule has 5 heteroatoms. The minimum atomic E-state index is -0.330. The summed E-state index contributed by atoms with van der Waals surface area (Å²) < 4.78 is 13.1. The lowest BCUT2D eigenvalue weighted by atomic mass is 9.87. The topological polar surface area (TPSA) is 55.1 Å². The summed E-state index contributed by atoms with van der Waals surface area (Å²) in [5, 5.41) is 3.05. The average molecular weight is 296 g/mol. The molecule has 0 atom stereocenters. The first-order valence-electron chi connectivity index (χ1n) is 7.02.